The van der Waals surface area contributed by atoms with Crippen molar-refractivity contribution in [3.05, 3.63) is 64.6 Å². The Bertz CT molecular complexity index is 1060. The zero-order valence-corrected chi connectivity index (χ0v) is 18.6. The van der Waals surface area contributed by atoms with Gasteiger partial charge in [0.25, 0.3) is 0 Å². The van der Waals surface area contributed by atoms with Gasteiger partial charge in [-0.25, -0.2) is 9.59 Å². The van der Waals surface area contributed by atoms with E-state index in [0.717, 1.165) is 36.2 Å². The molecule has 0 atom stereocenters. The maximum Gasteiger partial charge on any atom is 0.428 e. The number of nitrogens with zero attached hydrogens (tertiary/aromatic N) is 1. The van der Waals surface area contributed by atoms with Crippen LogP contribution in [0.15, 0.2) is 57.7 Å². The van der Waals surface area contributed by atoms with Gasteiger partial charge in [0.1, 0.15) is 11.3 Å². The van der Waals surface area contributed by atoms with Gasteiger partial charge in [0.2, 0.25) is 0 Å². The molecule has 32 heavy (non-hydrogen) atoms. The Balaban J connectivity index is 1.28. The summed E-state index contributed by atoms with van der Waals surface area (Å²) in [7, 11) is 0. The quantitative estimate of drug-likeness (QED) is 0.448. The van der Waals surface area contributed by atoms with Gasteiger partial charge in [0.05, 0.1) is 6.61 Å². The van der Waals surface area contributed by atoms with Crippen molar-refractivity contribution in [2.45, 2.75) is 57.8 Å². The summed E-state index contributed by atoms with van der Waals surface area (Å²) in [5.41, 5.74) is 2.11. The molecular weight excluding hydrogens is 404 g/mol. The van der Waals surface area contributed by atoms with Crippen LogP contribution in [0.2, 0.25) is 0 Å². The smallest absolute Gasteiger partial charge is 0.428 e. The highest BCUT2D eigenvalue weighted by atomic mass is 16.5. The lowest BCUT2D eigenvalue weighted by molar-refractivity contribution is 0.241. The lowest BCUT2D eigenvalue weighted by Crippen LogP contribution is -2.34. The van der Waals surface area contributed by atoms with Crippen LogP contribution in [0.3, 0.4) is 0 Å². The van der Waals surface area contributed by atoms with Gasteiger partial charge in [0.15, 0.2) is 5.58 Å². The number of aromatic nitrogens is 1. The Hall–Kier alpha value is -3.02. The van der Waals surface area contributed by atoms with Crippen molar-refractivity contribution >= 4 is 17.1 Å². The second-order valence-corrected chi connectivity index (χ2v) is 8.65. The molecule has 3 aromatic rings. The van der Waals surface area contributed by atoms with Crippen LogP contribution in [-0.2, 0) is 6.42 Å². The van der Waals surface area contributed by atoms with Crippen LogP contribution in [0.1, 0.15) is 56.9 Å². The molecule has 0 radical (unpaired) electrons. The van der Waals surface area contributed by atoms with Gasteiger partial charge < -0.3 is 14.5 Å². The minimum absolute atomic E-state index is 0.365. The Kier molecular flexibility index (Phi) is 7.64. The molecule has 2 aromatic carbocycles. The number of nitrogens with one attached hydrogen (secondary N) is 1. The molecule has 170 valence electrons. The van der Waals surface area contributed by atoms with Gasteiger partial charge in [-0.2, -0.15) is 4.57 Å². The molecule has 0 spiro atoms. The minimum Gasteiger partial charge on any atom is -0.493 e. The van der Waals surface area contributed by atoms with Crippen molar-refractivity contribution in [2.24, 2.45) is 5.92 Å². The summed E-state index contributed by atoms with van der Waals surface area (Å²) in [5, 5.41) is 2.82. The molecular formula is C26H32N2O4. The van der Waals surface area contributed by atoms with Crippen LogP contribution in [0.5, 0.6) is 5.75 Å². The first-order valence-electron chi connectivity index (χ1n) is 11.8. The number of aryl methyl sites for hydroxylation is 1. The number of fused-ring (bicyclic) bond motifs is 1. The first-order chi connectivity index (χ1) is 15.7. The normalized spacial score (nSPS) is 14.5. The lowest BCUT2D eigenvalue weighted by Gasteiger charge is -2.21. The maximum atomic E-state index is 12.6. The molecule has 1 N–H and O–H groups in total. The Morgan fingerprint density at radius 1 is 1.06 bits per heavy atom. The van der Waals surface area contributed by atoms with Crippen molar-refractivity contribution in [3.63, 3.8) is 0 Å². The monoisotopic (exact) mass is 436 g/mol. The molecule has 0 bridgehead atoms. The number of oxazole rings is 1. The summed E-state index contributed by atoms with van der Waals surface area (Å²) in [6.45, 7) is 1.16. The van der Waals surface area contributed by atoms with E-state index in [2.05, 4.69) is 17.4 Å². The van der Waals surface area contributed by atoms with E-state index in [9.17, 15) is 9.59 Å². The zero-order valence-electron chi connectivity index (χ0n) is 18.6. The van der Waals surface area contributed by atoms with Crippen LogP contribution >= 0.6 is 0 Å². The third-order valence-electron chi connectivity index (χ3n) is 6.29. The number of ether oxygens (including phenoxy) is 1. The largest absolute Gasteiger partial charge is 0.493 e. The van der Waals surface area contributed by atoms with Gasteiger partial charge in [0, 0.05) is 12.6 Å². The number of amides is 1. The van der Waals surface area contributed by atoms with Gasteiger partial charge in [-0.3, -0.25) is 0 Å². The predicted octanol–water partition coefficient (Wildman–Crippen LogP) is 5.52. The molecule has 1 amide bonds. The van der Waals surface area contributed by atoms with E-state index in [-0.39, 0.29) is 0 Å². The highest BCUT2D eigenvalue weighted by Crippen LogP contribution is 2.27. The van der Waals surface area contributed by atoms with Gasteiger partial charge >= 0.3 is 11.8 Å². The first kappa shape index (κ1) is 22.2. The number of rotatable bonds is 9. The molecule has 6 nitrogen and oxygen atoms in total. The van der Waals surface area contributed by atoms with Crippen molar-refractivity contribution in [1.82, 2.24) is 9.88 Å². The molecule has 1 fully saturated rings. The average Bonchev–Trinajstić information content (AvgIpc) is 3.15. The topological polar surface area (TPSA) is 73.5 Å². The molecule has 0 unspecified atom stereocenters. The summed E-state index contributed by atoms with van der Waals surface area (Å²) < 4.78 is 12.2. The average molecular weight is 437 g/mol. The summed E-state index contributed by atoms with van der Waals surface area (Å²) >= 11 is 0. The molecule has 1 heterocycles. The van der Waals surface area contributed by atoms with E-state index in [4.69, 9.17) is 9.15 Å². The maximum absolute atomic E-state index is 12.6. The first-order valence-corrected chi connectivity index (χ1v) is 11.8. The van der Waals surface area contributed by atoms with Crippen molar-refractivity contribution < 1.29 is 13.9 Å². The third-order valence-corrected chi connectivity index (χ3v) is 6.29. The number of hydrogen-bond donors (Lipinski definition) is 1. The van der Waals surface area contributed by atoms with E-state index >= 15 is 0 Å². The highest BCUT2D eigenvalue weighted by Gasteiger charge is 2.17. The van der Waals surface area contributed by atoms with Crippen molar-refractivity contribution in [3.8, 4) is 5.75 Å². The number of carbonyl (C=O) groups is 1. The second-order valence-electron chi connectivity index (χ2n) is 8.65. The fourth-order valence-electron chi connectivity index (χ4n) is 4.47. The summed E-state index contributed by atoms with van der Waals surface area (Å²) in [6.07, 6.45) is 10.4. The van der Waals surface area contributed by atoms with Crippen LogP contribution in [-0.4, -0.2) is 23.7 Å². The van der Waals surface area contributed by atoms with E-state index in [1.165, 1.54) is 37.7 Å². The predicted molar refractivity (Wildman–Crippen MR) is 125 cm³/mol. The van der Waals surface area contributed by atoms with Gasteiger partial charge in [-0.1, -0.05) is 62.4 Å². The fraction of sp³-hybridized carbons (Fsp3) is 0.462. The highest BCUT2D eigenvalue weighted by molar-refractivity contribution is 5.88. The number of carbonyl (C=O) groups excluding carboxylic acids is 1. The van der Waals surface area contributed by atoms with Gasteiger partial charge in [-0.15, -0.1) is 0 Å². The fourth-order valence-corrected chi connectivity index (χ4v) is 4.47. The lowest BCUT2D eigenvalue weighted by atomic mass is 9.87. The van der Waals surface area contributed by atoms with E-state index in [1.54, 1.807) is 18.2 Å². The van der Waals surface area contributed by atoms with Gasteiger partial charge in [-0.05, 0) is 49.3 Å². The molecule has 4 rings (SSSR count). The molecule has 6 heteroatoms. The van der Waals surface area contributed by atoms with Crippen LogP contribution in [0.25, 0.3) is 11.1 Å². The zero-order chi connectivity index (χ0) is 22.2. The molecule has 1 saturated carbocycles. The van der Waals surface area contributed by atoms with Crippen molar-refractivity contribution in [2.75, 3.05) is 13.2 Å². The van der Waals surface area contributed by atoms with Crippen LogP contribution in [0.4, 0.5) is 4.79 Å². The molecule has 0 aliphatic heterocycles. The SMILES string of the molecule is O=C(NCCCCc1ccccc1)n1c(=O)oc2cc(OCCC3CCCCC3)ccc21. The van der Waals surface area contributed by atoms with E-state index in [1.807, 2.05) is 18.2 Å². The van der Waals surface area contributed by atoms with Crippen LogP contribution < -0.4 is 15.8 Å². The summed E-state index contributed by atoms with van der Waals surface area (Å²) in [4.78, 5) is 24.8. The summed E-state index contributed by atoms with van der Waals surface area (Å²) in [6, 6.07) is 15.0. The molecule has 1 aliphatic rings. The number of hydrogen-bond acceptors (Lipinski definition) is 4. The minimum atomic E-state index is -0.679. The Morgan fingerprint density at radius 3 is 2.69 bits per heavy atom. The van der Waals surface area contributed by atoms with E-state index < -0.39 is 11.8 Å². The standard InChI is InChI=1S/C26H32N2O4/c29-25(27-17-8-7-13-20-9-3-1-4-10-20)28-23-15-14-22(19-24(23)32-26(28)30)31-18-16-21-11-5-2-6-12-21/h1,3-4,9-10,14-15,19,21H,2,5-8,11-13,16-18H2,(H,27,29). The molecule has 0 saturated heterocycles. The number of benzene rings is 2. The molecule has 1 aromatic heterocycles. The second kappa shape index (κ2) is 11.0. The Labute approximate surface area is 188 Å². The third kappa shape index (κ3) is 5.81. The molecule has 1 aliphatic carbocycles. The Morgan fingerprint density at radius 2 is 1.88 bits per heavy atom. The van der Waals surface area contributed by atoms with Crippen LogP contribution in [0, 0.1) is 5.92 Å². The van der Waals surface area contributed by atoms with Crippen molar-refractivity contribution in [1.29, 1.82) is 0 Å². The summed E-state index contributed by atoms with van der Waals surface area (Å²) in [5.74, 6) is 0.736. The number of unbranched alkanes of at least 4 members (excludes halogenated alkanes) is 1. The van der Waals surface area contributed by atoms with E-state index in [0.29, 0.717) is 30.0 Å².